The number of fused-ring (bicyclic) bond motifs is 1. The number of likely N-dealkylation sites (N-methyl/N-ethyl adjacent to an activating group) is 1. The molecule has 0 aliphatic heterocycles. The van der Waals surface area contributed by atoms with Gasteiger partial charge in [0.1, 0.15) is 0 Å². The molecule has 1 atom stereocenters. The predicted octanol–water partition coefficient (Wildman–Crippen LogP) is 1.72. The van der Waals surface area contributed by atoms with Crippen LogP contribution in [-0.2, 0) is 19.4 Å². The standard InChI is InChI=1S/C14H26N4/c1-4-18(5-2)10-11(3)15-9-14-12-7-6-8-13(12)16-17-14/h11,15H,4-10H2,1-3H3,(H,16,17). The highest BCUT2D eigenvalue weighted by Gasteiger charge is 2.18. The van der Waals surface area contributed by atoms with Crippen molar-refractivity contribution in [2.45, 2.75) is 52.6 Å². The normalized spacial score (nSPS) is 16.2. The molecule has 1 aliphatic rings. The summed E-state index contributed by atoms with van der Waals surface area (Å²) in [6.45, 7) is 11.0. The number of nitrogens with zero attached hydrogens (tertiary/aromatic N) is 2. The lowest BCUT2D eigenvalue weighted by molar-refractivity contribution is 0.270. The van der Waals surface area contributed by atoms with Crippen molar-refractivity contribution in [1.82, 2.24) is 20.4 Å². The number of hydrogen-bond donors (Lipinski definition) is 2. The van der Waals surface area contributed by atoms with Gasteiger partial charge < -0.3 is 10.2 Å². The lowest BCUT2D eigenvalue weighted by Crippen LogP contribution is -2.38. The van der Waals surface area contributed by atoms with E-state index in [0.29, 0.717) is 6.04 Å². The molecule has 1 aromatic rings. The molecule has 1 heterocycles. The van der Waals surface area contributed by atoms with Gasteiger partial charge in [-0.1, -0.05) is 13.8 Å². The third kappa shape index (κ3) is 3.12. The van der Waals surface area contributed by atoms with Crippen molar-refractivity contribution in [2.24, 2.45) is 0 Å². The lowest BCUT2D eigenvalue weighted by atomic mass is 10.2. The first-order valence-corrected chi connectivity index (χ1v) is 7.25. The van der Waals surface area contributed by atoms with Crippen molar-refractivity contribution >= 4 is 0 Å². The summed E-state index contributed by atoms with van der Waals surface area (Å²) in [5.41, 5.74) is 4.06. The largest absolute Gasteiger partial charge is 0.307 e. The molecule has 0 bridgehead atoms. The lowest BCUT2D eigenvalue weighted by Gasteiger charge is -2.23. The Morgan fingerprint density at radius 2 is 2.11 bits per heavy atom. The zero-order valence-electron chi connectivity index (χ0n) is 11.9. The molecule has 102 valence electrons. The maximum atomic E-state index is 4.43. The summed E-state index contributed by atoms with van der Waals surface area (Å²) < 4.78 is 0. The van der Waals surface area contributed by atoms with Crippen LogP contribution in [0.5, 0.6) is 0 Å². The van der Waals surface area contributed by atoms with E-state index in [1.165, 1.54) is 36.2 Å². The summed E-state index contributed by atoms with van der Waals surface area (Å²) in [6.07, 6.45) is 3.66. The molecule has 0 aromatic carbocycles. The van der Waals surface area contributed by atoms with Gasteiger partial charge in [-0.05, 0) is 44.8 Å². The van der Waals surface area contributed by atoms with Crippen molar-refractivity contribution in [2.75, 3.05) is 19.6 Å². The molecule has 0 saturated heterocycles. The van der Waals surface area contributed by atoms with E-state index in [1.54, 1.807) is 0 Å². The van der Waals surface area contributed by atoms with E-state index in [1.807, 2.05) is 0 Å². The smallest absolute Gasteiger partial charge is 0.0794 e. The summed E-state index contributed by atoms with van der Waals surface area (Å²) in [5, 5.41) is 11.2. The molecule has 0 spiro atoms. The molecule has 2 rings (SSSR count). The SMILES string of the molecule is CCN(CC)CC(C)NCc1n[nH]c2c1CCC2. The number of aromatic amines is 1. The van der Waals surface area contributed by atoms with Gasteiger partial charge in [0.05, 0.1) is 5.69 Å². The van der Waals surface area contributed by atoms with Gasteiger partial charge >= 0.3 is 0 Å². The van der Waals surface area contributed by atoms with Gasteiger partial charge in [-0.3, -0.25) is 5.10 Å². The minimum Gasteiger partial charge on any atom is -0.307 e. The van der Waals surface area contributed by atoms with E-state index in [4.69, 9.17) is 0 Å². The van der Waals surface area contributed by atoms with Crippen LogP contribution in [0.1, 0.15) is 44.1 Å². The second-order valence-electron chi connectivity index (χ2n) is 5.25. The van der Waals surface area contributed by atoms with E-state index < -0.39 is 0 Å². The van der Waals surface area contributed by atoms with Crippen LogP contribution in [0.4, 0.5) is 0 Å². The van der Waals surface area contributed by atoms with Gasteiger partial charge in [0.2, 0.25) is 0 Å². The second kappa shape index (κ2) is 6.34. The summed E-state index contributed by atoms with van der Waals surface area (Å²) in [4.78, 5) is 2.45. The zero-order valence-corrected chi connectivity index (χ0v) is 11.9. The monoisotopic (exact) mass is 250 g/mol. The molecule has 2 N–H and O–H groups in total. The summed E-state index contributed by atoms with van der Waals surface area (Å²) in [6, 6.07) is 0.513. The fourth-order valence-electron chi connectivity index (χ4n) is 2.74. The number of rotatable bonds is 7. The summed E-state index contributed by atoms with van der Waals surface area (Å²) >= 11 is 0. The molecule has 1 aliphatic carbocycles. The molecule has 0 saturated carbocycles. The molecule has 0 radical (unpaired) electrons. The Balaban J connectivity index is 1.80. The van der Waals surface area contributed by atoms with Crippen LogP contribution in [0.15, 0.2) is 0 Å². The Bertz CT molecular complexity index is 368. The maximum absolute atomic E-state index is 4.43. The first-order chi connectivity index (χ1) is 8.74. The molecule has 0 fully saturated rings. The van der Waals surface area contributed by atoms with E-state index in [2.05, 4.69) is 41.2 Å². The minimum atomic E-state index is 0.513. The van der Waals surface area contributed by atoms with Crippen LogP contribution in [-0.4, -0.2) is 40.8 Å². The van der Waals surface area contributed by atoms with Crippen molar-refractivity contribution in [3.63, 3.8) is 0 Å². The third-order valence-corrected chi connectivity index (χ3v) is 3.94. The summed E-state index contributed by atoms with van der Waals surface area (Å²) in [5.74, 6) is 0. The molecule has 1 aromatic heterocycles. The van der Waals surface area contributed by atoms with E-state index in [9.17, 15) is 0 Å². The third-order valence-electron chi connectivity index (χ3n) is 3.94. The molecule has 4 heteroatoms. The van der Waals surface area contributed by atoms with E-state index in [-0.39, 0.29) is 0 Å². The topological polar surface area (TPSA) is 44.0 Å². The number of nitrogens with one attached hydrogen (secondary N) is 2. The molecular formula is C14H26N4. The Morgan fingerprint density at radius 3 is 2.83 bits per heavy atom. The van der Waals surface area contributed by atoms with Crippen molar-refractivity contribution in [1.29, 1.82) is 0 Å². The van der Waals surface area contributed by atoms with Gasteiger partial charge in [-0.25, -0.2) is 0 Å². The molecule has 4 nitrogen and oxygen atoms in total. The second-order valence-corrected chi connectivity index (χ2v) is 5.25. The van der Waals surface area contributed by atoms with E-state index in [0.717, 1.165) is 26.2 Å². The maximum Gasteiger partial charge on any atom is 0.0794 e. The zero-order chi connectivity index (χ0) is 13.0. The fourth-order valence-corrected chi connectivity index (χ4v) is 2.74. The van der Waals surface area contributed by atoms with Crippen molar-refractivity contribution < 1.29 is 0 Å². The van der Waals surface area contributed by atoms with Crippen LogP contribution in [0.2, 0.25) is 0 Å². The van der Waals surface area contributed by atoms with E-state index >= 15 is 0 Å². The molecular weight excluding hydrogens is 224 g/mol. The number of H-pyrrole nitrogens is 1. The predicted molar refractivity (Wildman–Crippen MR) is 74.7 cm³/mol. The van der Waals surface area contributed by atoms with Crippen LogP contribution < -0.4 is 5.32 Å². The Labute approximate surface area is 110 Å². The van der Waals surface area contributed by atoms with Crippen LogP contribution in [0.25, 0.3) is 0 Å². The van der Waals surface area contributed by atoms with Crippen LogP contribution >= 0.6 is 0 Å². The average Bonchev–Trinajstić information content (AvgIpc) is 2.96. The Hall–Kier alpha value is -0.870. The van der Waals surface area contributed by atoms with Gasteiger partial charge in [-0.15, -0.1) is 0 Å². The first-order valence-electron chi connectivity index (χ1n) is 7.25. The highest BCUT2D eigenvalue weighted by Crippen LogP contribution is 2.22. The van der Waals surface area contributed by atoms with Crippen LogP contribution in [0, 0.1) is 0 Å². The van der Waals surface area contributed by atoms with Gasteiger partial charge in [0, 0.05) is 24.8 Å². The Morgan fingerprint density at radius 1 is 1.33 bits per heavy atom. The quantitative estimate of drug-likeness (QED) is 0.774. The molecule has 18 heavy (non-hydrogen) atoms. The van der Waals surface area contributed by atoms with Gasteiger partial charge in [0.15, 0.2) is 0 Å². The minimum absolute atomic E-state index is 0.513. The highest BCUT2D eigenvalue weighted by molar-refractivity contribution is 5.29. The summed E-state index contributed by atoms with van der Waals surface area (Å²) in [7, 11) is 0. The fraction of sp³-hybridized carbons (Fsp3) is 0.786. The van der Waals surface area contributed by atoms with Crippen LogP contribution in [0.3, 0.4) is 0 Å². The molecule has 0 amide bonds. The van der Waals surface area contributed by atoms with Crippen molar-refractivity contribution in [3.05, 3.63) is 17.0 Å². The highest BCUT2D eigenvalue weighted by atomic mass is 15.2. The number of aromatic nitrogens is 2. The van der Waals surface area contributed by atoms with Gasteiger partial charge in [0.25, 0.3) is 0 Å². The van der Waals surface area contributed by atoms with Crippen molar-refractivity contribution in [3.8, 4) is 0 Å². The first kappa shape index (κ1) is 13.6. The number of hydrogen-bond acceptors (Lipinski definition) is 3. The van der Waals surface area contributed by atoms with Gasteiger partial charge in [-0.2, -0.15) is 5.10 Å². The molecule has 1 unspecified atom stereocenters. The Kier molecular flexibility index (Phi) is 4.78. The average molecular weight is 250 g/mol. The number of aryl methyl sites for hydroxylation is 1.